The molecule has 0 radical (unpaired) electrons. The van der Waals surface area contributed by atoms with Crippen LogP contribution < -0.4 is 5.43 Å². The SMILES string of the molecule is CC1=C2C=CC[C@H]2C[C@H]2/C(=N\Nc3ccc([N+](=O)[O-])cc3[N+](=O)[O-])CCC[C@@H]12. The van der Waals surface area contributed by atoms with Gasteiger partial charge >= 0.3 is 5.69 Å². The van der Waals surface area contributed by atoms with Crippen molar-refractivity contribution in [3.05, 3.63) is 61.7 Å². The van der Waals surface area contributed by atoms with Crippen LogP contribution >= 0.6 is 0 Å². The highest BCUT2D eigenvalue weighted by atomic mass is 16.6. The minimum Gasteiger partial charge on any atom is -0.272 e. The Balaban J connectivity index is 1.60. The molecule has 0 amide bonds. The van der Waals surface area contributed by atoms with Crippen molar-refractivity contribution >= 4 is 22.8 Å². The highest BCUT2D eigenvalue weighted by Crippen LogP contribution is 2.48. The van der Waals surface area contributed by atoms with Gasteiger partial charge in [-0.25, -0.2) is 0 Å². The molecule has 4 rings (SSSR count). The van der Waals surface area contributed by atoms with E-state index in [2.05, 4.69) is 29.6 Å². The minimum absolute atomic E-state index is 0.177. The number of hydrogen-bond donors (Lipinski definition) is 1. The Morgan fingerprint density at radius 2 is 2.00 bits per heavy atom. The van der Waals surface area contributed by atoms with Crippen LogP contribution in [0.3, 0.4) is 0 Å². The summed E-state index contributed by atoms with van der Waals surface area (Å²) in [5.74, 6) is 1.39. The molecule has 1 aromatic carbocycles. The first-order valence-electron chi connectivity index (χ1n) is 9.58. The maximum atomic E-state index is 11.3. The lowest BCUT2D eigenvalue weighted by Gasteiger charge is -2.40. The predicted octanol–water partition coefficient (Wildman–Crippen LogP) is 4.98. The van der Waals surface area contributed by atoms with Gasteiger partial charge in [-0.3, -0.25) is 25.7 Å². The summed E-state index contributed by atoms with van der Waals surface area (Å²) in [4.78, 5) is 21.0. The van der Waals surface area contributed by atoms with E-state index in [1.807, 2.05) is 0 Å². The van der Waals surface area contributed by atoms with Gasteiger partial charge in [-0.2, -0.15) is 5.10 Å². The normalized spacial score (nSPS) is 27.5. The lowest BCUT2D eigenvalue weighted by Crippen LogP contribution is -2.35. The van der Waals surface area contributed by atoms with Gasteiger partial charge in [0.2, 0.25) is 0 Å². The topological polar surface area (TPSA) is 111 Å². The zero-order valence-electron chi connectivity index (χ0n) is 15.6. The van der Waals surface area contributed by atoms with E-state index in [0.29, 0.717) is 17.8 Å². The van der Waals surface area contributed by atoms with Gasteiger partial charge in [-0.05, 0) is 62.5 Å². The first kappa shape index (κ1) is 18.3. The number of anilines is 1. The lowest BCUT2D eigenvalue weighted by atomic mass is 9.65. The molecule has 0 saturated heterocycles. The van der Waals surface area contributed by atoms with Crippen LogP contribution in [0.2, 0.25) is 0 Å². The minimum atomic E-state index is -0.640. The molecule has 8 nitrogen and oxygen atoms in total. The number of allylic oxidation sites excluding steroid dienone is 4. The summed E-state index contributed by atoms with van der Waals surface area (Å²) in [6, 6.07) is 3.57. The summed E-state index contributed by atoms with van der Waals surface area (Å²) in [5, 5.41) is 26.8. The largest absolute Gasteiger partial charge is 0.301 e. The number of benzene rings is 1. The van der Waals surface area contributed by atoms with Gasteiger partial charge < -0.3 is 0 Å². The molecule has 0 aromatic heterocycles. The molecular formula is C20H22N4O4. The van der Waals surface area contributed by atoms with Crippen LogP contribution in [0, 0.1) is 38.0 Å². The third kappa shape index (κ3) is 3.19. The Morgan fingerprint density at radius 1 is 1.18 bits per heavy atom. The Morgan fingerprint density at radius 3 is 2.75 bits per heavy atom. The van der Waals surface area contributed by atoms with Crippen LogP contribution in [0.4, 0.5) is 17.1 Å². The van der Waals surface area contributed by atoms with Crippen molar-refractivity contribution in [2.45, 2.75) is 39.0 Å². The molecule has 3 atom stereocenters. The molecule has 1 fully saturated rings. The van der Waals surface area contributed by atoms with E-state index in [4.69, 9.17) is 0 Å². The number of rotatable bonds is 4. The van der Waals surface area contributed by atoms with Gasteiger partial charge in [-0.15, -0.1) is 0 Å². The van der Waals surface area contributed by atoms with Crippen molar-refractivity contribution in [3.8, 4) is 0 Å². The van der Waals surface area contributed by atoms with E-state index in [1.54, 1.807) is 0 Å². The average molecular weight is 382 g/mol. The van der Waals surface area contributed by atoms with Gasteiger partial charge in [0.25, 0.3) is 5.69 Å². The van der Waals surface area contributed by atoms with E-state index in [-0.39, 0.29) is 17.1 Å². The van der Waals surface area contributed by atoms with E-state index in [9.17, 15) is 20.2 Å². The van der Waals surface area contributed by atoms with Gasteiger partial charge in [0.15, 0.2) is 0 Å². The van der Waals surface area contributed by atoms with Crippen molar-refractivity contribution in [1.82, 2.24) is 0 Å². The van der Waals surface area contributed by atoms with E-state index < -0.39 is 9.85 Å². The number of nitro benzene ring substituents is 2. The lowest BCUT2D eigenvalue weighted by molar-refractivity contribution is -0.393. The van der Waals surface area contributed by atoms with E-state index >= 15 is 0 Å². The van der Waals surface area contributed by atoms with Crippen LogP contribution in [-0.2, 0) is 0 Å². The van der Waals surface area contributed by atoms with Crippen LogP contribution in [0.15, 0.2) is 46.6 Å². The fourth-order valence-electron chi connectivity index (χ4n) is 4.91. The van der Waals surface area contributed by atoms with Crippen molar-refractivity contribution < 1.29 is 9.85 Å². The second-order valence-electron chi connectivity index (χ2n) is 7.74. The molecule has 1 N–H and O–H groups in total. The van der Waals surface area contributed by atoms with Crippen molar-refractivity contribution in [2.75, 3.05) is 5.43 Å². The molecule has 1 aromatic rings. The van der Waals surface area contributed by atoms with Gasteiger partial charge in [0, 0.05) is 17.7 Å². The van der Waals surface area contributed by atoms with Gasteiger partial charge in [-0.1, -0.05) is 17.7 Å². The molecule has 0 spiro atoms. The Labute approximate surface area is 162 Å². The molecule has 0 heterocycles. The van der Waals surface area contributed by atoms with Crippen LogP contribution in [0.1, 0.15) is 39.0 Å². The molecular weight excluding hydrogens is 360 g/mol. The first-order chi connectivity index (χ1) is 13.5. The fourth-order valence-corrected chi connectivity index (χ4v) is 4.91. The smallest absolute Gasteiger partial charge is 0.272 e. The Hall–Kier alpha value is -3.03. The quantitative estimate of drug-likeness (QED) is 0.583. The molecule has 0 aliphatic heterocycles. The highest BCUT2D eigenvalue weighted by molar-refractivity contribution is 5.89. The summed E-state index contributed by atoms with van der Waals surface area (Å²) in [5.41, 5.74) is 6.36. The third-order valence-electron chi connectivity index (χ3n) is 6.28. The first-order valence-corrected chi connectivity index (χ1v) is 9.58. The number of nitrogens with one attached hydrogen (secondary N) is 1. The maximum absolute atomic E-state index is 11.3. The van der Waals surface area contributed by atoms with E-state index in [0.717, 1.165) is 43.9 Å². The van der Waals surface area contributed by atoms with Crippen molar-refractivity contribution in [3.63, 3.8) is 0 Å². The molecule has 3 aliphatic carbocycles. The number of nitrogens with zero attached hydrogens (tertiary/aromatic N) is 3. The van der Waals surface area contributed by atoms with E-state index in [1.165, 1.54) is 23.3 Å². The molecule has 0 unspecified atom stereocenters. The standard InChI is InChI=1S/C20H22N4O4/c1-12-15-5-2-4-13(15)10-17-16(12)6-3-7-18(17)21-22-19-9-8-14(23(25)26)11-20(19)24(27)28/h2,5,8-9,11,13,16-17,22H,3-4,6-7,10H2,1H3/b21-18-/t13-,16-,17+/m0/s1. The maximum Gasteiger partial charge on any atom is 0.301 e. The summed E-state index contributed by atoms with van der Waals surface area (Å²) < 4.78 is 0. The number of nitro groups is 2. The van der Waals surface area contributed by atoms with Gasteiger partial charge in [0.1, 0.15) is 5.69 Å². The second-order valence-corrected chi connectivity index (χ2v) is 7.74. The summed E-state index contributed by atoms with van der Waals surface area (Å²) in [6.07, 6.45) is 9.71. The zero-order chi connectivity index (χ0) is 19.8. The average Bonchev–Trinajstić information content (AvgIpc) is 3.15. The molecule has 146 valence electrons. The summed E-state index contributed by atoms with van der Waals surface area (Å²) in [7, 11) is 0. The summed E-state index contributed by atoms with van der Waals surface area (Å²) >= 11 is 0. The van der Waals surface area contributed by atoms with Crippen LogP contribution in [-0.4, -0.2) is 15.6 Å². The number of non-ortho nitro benzene ring substituents is 1. The number of fused-ring (bicyclic) bond motifs is 2. The zero-order valence-corrected chi connectivity index (χ0v) is 15.6. The monoisotopic (exact) mass is 382 g/mol. The fraction of sp³-hybridized carbons (Fsp3) is 0.450. The predicted molar refractivity (Wildman–Crippen MR) is 106 cm³/mol. The molecule has 28 heavy (non-hydrogen) atoms. The molecule has 3 aliphatic rings. The molecule has 8 heteroatoms. The van der Waals surface area contributed by atoms with Crippen molar-refractivity contribution in [1.29, 1.82) is 0 Å². The second kappa shape index (κ2) is 7.18. The Kier molecular flexibility index (Phi) is 4.70. The molecule has 1 saturated carbocycles. The van der Waals surface area contributed by atoms with Gasteiger partial charge in [0.05, 0.1) is 15.9 Å². The van der Waals surface area contributed by atoms with Crippen molar-refractivity contribution in [2.24, 2.45) is 22.9 Å². The Bertz CT molecular complexity index is 934. The third-order valence-corrected chi connectivity index (χ3v) is 6.28. The highest BCUT2D eigenvalue weighted by Gasteiger charge is 2.39. The number of hydrogen-bond acceptors (Lipinski definition) is 6. The number of hydrazone groups is 1. The molecule has 0 bridgehead atoms. The van der Waals surface area contributed by atoms with Crippen LogP contribution in [0.25, 0.3) is 0 Å². The summed E-state index contributed by atoms with van der Waals surface area (Å²) in [6.45, 7) is 2.23. The van der Waals surface area contributed by atoms with Crippen LogP contribution in [0.5, 0.6) is 0 Å².